The lowest BCUT2D eigenvalue weighted by Crippen LogP contribution is -2.19. The molecule has 1 N–H and O–H groups in total. The van der Waals surface area contributed by atoms with Gasteiger partial charge in [-0.15, -0.1) is 0 Å². The lowest BCUT2D eigenvalue weighted by Gasteiger charge is -2.14. The normalized spacial score (nSPS) is 12.7. The van der Waals surface area contributed by atoms with Crippen molar-refractivity contribution in [3.8, 4) is 0 Å². The zero-order valence-electron chi connectivity index (χ0n) is 8.35. The second-order valence-corrected chi connectivity index (χ2v) is 3.41. The summed E-state index contributed by atoms with van der Waals surface area (Å²) in [6.07, 6.45) is -7.01. The first-order valence-electron chi connectivity index (χ1n) is 4.41. The minimum Gasteiger partial charge on any atom is -0.379 e. The summed E-state index contributed by atoms with van der Waals surface area (Å²) in [4.78, 5) is 0. The van der Waals surface area contributed by atoms with Crippen LogP contribution >= 0.6 is 15.9 Å². The Balaban J connectivity index is 0.000000921. The molecule has 0 saturated heterocycles. The van der Waals surface area contributed by atoms with Crippen LogP contribution in [0.1, 0.15) is 25.5 Å². The number of aliphatic hydroxyl groups is 1. The molecule has 1 aromatic rings. The summed E-state index contributed by atoms with van der Waals surface area (Å²) in [6.45, 7) is 4.00. The van der Waals surface area contributed by atoms with E-state index in [1.165, 1.54) is 24.3 Å². The van der Waals surface area contributed by atoms with Gasteiger partial charge >= 0.3 is 6.18 Å². The standard InChI is InChI=1S/C8H6BrF3O.C2H6/c9-6-3-1-5(2-4-6)7(13)8(10,11)12;1-2/h1-4,7,13H;1-2H3. The van der Waals surface area contributed by atoms with Crippen LogP contribution in [0.3, 0.4) is 0 Å². The first-order chi connectivity index (χ1) is 6.91. The highest BCUT2D eigenvalue weighted by molar-refractivity contribution is 9.10. The van der Waals surface area contributed by atoms with Gasteiger partial charge < -0.3 is 5.11 Å². The van der Waals surface area contributed by atoms with Gasteiger partial charge in [0.1, 0.15) is 0 Å². The Morgan fingerprint density at radius 1 is 1.13 bits per heavy atom. The molecule has 0 aliphatic rings. The van der Waals surface area contributed by atoms with Crippen LogP contribution in [0.5, 0.6) is 0 Å². The molecule has 0 fully saturated rings. The maximum Gasteiger partial charge on any atom is 0.418 e. The quantitative estimate of drug-likeness (QED) is 0.824. The zero-order chi connectivity index (χ0) is 12.1. The van der Waals surface area contributed by atoms with Crippen molar-refractivity contribution in [1.82, 2.24) is 0 Å². The van der Waals surface area contributed by atoms with Crippen molar-refractivity contribution in [3.63, 3.8) is 0 Å². The molecule has 5 heteroatoms. The fraction of sp³-hybridized carbons (Fsp3) is 0.400. The van der Waals surface area contributed by atoms with Crippen LogP contribution in [0.15, 0.2) is 28.7 Å². The smallest absolute Gasteiger partial charge is 0.379 e. The Bertz CT molecular complexity index is 282. The van der Waals surface area contributed by atoms with Crippen molar-refractivity contribution < 1.29 is 18.3 Å². The number of halogens is 4. The van der Waals surface area contributed by atoms with Gasteiger partial charge in [0.25, 0.3) is 0 Å². The highest BCUT2D eigenvalue weighted by Gasteiger charge is 2.39. The summed E-state index contributed by atoms with van der Waals surface area (Å²) in [5.41, 5.74) is -0.157. The molecule has 0 aromatic heterocycles. The molecule has 0 aliphatic carbocycles. The van der Waals surface area contributed by atoms with Gasteiger partial charge in [0.05, 0.1) is 0 Å². The molecule has 1 aromatic carbocycles. The predicted molar refractivity (Wildman–Crippen MR) is 56.5 cm³/mol. The lowest BCUT2D eigenvalue weighted by molar-refractivity contribution is -0.206. The van der Waals surface area contributed by atoms with E-state index >= 15 is 0 Å². The Hall–Kier alpha value is -0.550. The van der Waals surface area contributed by atoms with Crippen LogP contribution in [0.25, 0.3) is 0 Å². The van der Waals surface area contributed by atoms with E-state index in [0.29, 0.717) is 4.47 Å². The first kappa shape index (κ1) is 14.5. The molecular formula is C10H12BrF3O. The van der Waals surface area contributed by atoms with Gasteiger partial charge in [0, 0.05) is 4.47 Å². The number of alkyl halides is 3. The summed E-state index contributed by atoms with van der Waals surface area (Å²) in [5.74, 6) is 0. The molecule has 0 amide bonds. The monoisotopic (exact) mass is 284 g/mol. The predicted octanol–water partition coefficient (Wildman–Crippen LogP) is 4.07. The summed E-state index contributed by atoms with van der Waals surface area (Å²) in [7, 11) is 0. The molecule has 1 unspecified atom stereocenters. The average molecular weight is 285 g/mol. The molecule has 1 atom stereocenters. The van der Waals surface area contributed by atoms with Crippen molar-refractivity contribution in [2.45, 2.75) is 26.1 Å². The van der Waals surface area contributed by atoms with Gasteiger partial charge in [-0.3, -0.25) is 0 Å². The minimum atomic E-state index is -4.60. The van der Waals surface area contributed by atoms with Gasteiger partial charge in [-0.25, -0.2) is 0 Å². The Morgan fingerprint density at radius 2 is 1.53 bits per heavy atom. The summed E-state index contributed by atoms with van der Waals surface area (Å²) in [5, 5.41) is 8.81. The van der Waals surface area contributed by atoms with Crippen LogP contribution in [0.2, 0.25) is 0 Å². The zero-order valence-corrected chi connectivity index (χ0v) is 9.93. The SMILES string of the molecule is CC.OC(c1ccc(Br)cc1)C(F)(F)F. The molecule has 0 bridgehead atoms. The van der Waals surface area contributed by atoms with E-state index in [9.17, 15) is 13.2 Å². The first-order valence-corrected chi connectivity index (χ1v) is 5.21. The molecule has 0 saturated carbocycles. The third-order valence-corrected chi connectivity index (χ3v) is 2.02. The van der Waals surface area contributed by atoms with Gasteiger partial charge in [-0.05, 0) is 17.7 Å². The van der Waals surface area contributed by atoms with Crippen molar-refractivity contribution in [3.05, 3.63) is 34.3 Å². The number of rotatable bonds is 1. The number of benzene rings is 1. The molecule has 0 heterocycles. The number of hydrogen-bond donors (Lipinski definition) is 1. The average Bonchev–Trinajstić information content (AvgIpc) is 2.20. The Labute approximate surface area is 95.1 Å². The maximum absolute atomic E-state index is 12.0. The van der Waals surface area contributed by atoms with E-state index in [0.717, 1.165) is 0 Å². The van der Waals surface area contributed by atoms with E-state index in [-0.39, 0.29) is 5.56 Å². The molecule has 86 valence electrons. The highest BCUT2D eigenvalue weighted by Crippen LogP contribution is 2.32. The van der Waals surface area contributed by atoms with Crippen LogP contribution in [0, 0.1) is 0 Å². The molecular weight excluding hydrogens is 273 g/mol. The fourth-order valence-corrected chi connectivity index (χ4v) is 1.10. The van der Waals surface area contributed by atoms with E-state index in [4.69, 9.17) is 5.11 Å². The topological polar surface area (TPSA) is 20.2 Å². The molecule has 0 aliphatic heterocycles. The maximum atomic E-state index is 12.0. The summed E-state index contributed by atoms with van der Waals surface area (Å²) < 4.78 is 36.6. The number of hydrogen-bond acceptors (Lipinski definition) is 1. The minimum absolute atomic E-state index is 0.157. The van der Waals surface area contributed by atoms with Gasteiger partial charge in [0.15, 0.2) is 6.10 Å². The van der Waals surface area contributed by atoms with E-state index in [1.54, 1.807) is 0 Å². The van der Waals surface area contributed by atoms with Gasteiger partial charge in [0.2, 0.25) is 0 Å². The number of aliphatic hydroxyl groups excluding tert-OH is 1. The summed E-state index contributed by atoms with van der Waals surface area (Å²) in [6, 6.07) is 5.35. The molecule has 0 spiro atoms. The Kier molecular flexibility index (Phi) is 5.90. The highest BCUT2D eigenvalue weighted by atomic mass is 79.9. The van der Waals surface area contributed by atoms with Crippen molar-refractivity contribution in [2.75, 3.05) is 0 Å². The Morgan fingerprint density at radius 3 is 1.87 bits per heavy atom. The third kappa shape index (κ3) is 4.66. The van der Waals surface area contributed by atoms with E-state index in [1.807, 2.05) is 13.8 Å². The lowest BCUT2D eigenvalue weighted by atomic mass is 10.1. The molecule has 0 radical (unpaired) electrons. The molecule has 1 nitrogen and oxygen atoms in total. The second kappa shape index (κ2) is 6.12. The molecule has 15 heavy (non-hydrogen) atoms. The van der Waals surface area contributed by atoms with Crippen molar-refractivity contribution in [1.29, 1.82) is 0 Å². The van der Waals surface area contributed by atoms with Crippen LogP contribution in [0.4, 0.5) is 13.2 Å². The van der Waals surface area contributed by atoms with E-state index < -0.39 is 12.3 Å². The van der Waals surface area contributed by atoms with Crippen molar-refractivity contribution in [2.24, 2.45) is 0 Å². The van der Waals surface area contributed by atoms with Crippen molar-refractivity contribution >= 4 is 15.9 Å². The largest absolute Gasteiger partial charge is 0.418 e. The van der Waals surface area contributed by atoms with Crippen LogP contribution in [-0.4, -0.2) is 11.3 Å². The van der Waals surface area contributed by atoms with Crippen LogP contribution in [-0.2, 0) is 0 Å². The van der Waals surface area contributed by atoms with Crippen LogP contribution < -0.4 is 0 Å². The summed E-state index contributed by atoms with van der Waals surface area (Å²) >= 11 is 3.08. The fourth-order valence-electron chi connectivity index (χ4n) is 0.834. The van der Waals surface area contributed by atoms with Gasteiger partial charge in [-0.1, -0.05) is 41.9 Å². The molecule has 1 rings (SSSR count). The third-order valence-electron chi connectivity index (χ3n) is 1.50. The second-order valence-electron chi connectivity index (χ2n) is 2.50. The van der Waals surface area contributed by atoms with E-state index in [2.05, 4.69) is 15.9 Å². The van der Waals surface area contributed by atoms with Gasteiger partial charge in [-0.2, -0.15) is 13.2 Å².